The highest BCUT2D eigenvalue weighted by atomic mass is 79.9. The Kier molecular flexibility index (Phi) is 6.34. The number of hydrogen-bond donors (Lipinski definition) is 1. The molecule has 0 atom stereocenters. The van der Waals surface area contributed by atoms with E-state index in [0.29, 0.717) is 17.1 Å². The second-order valence-corrected chi connectivity index (χ2v) is 8.11. The van der Waals surface area contributed by atoms with Gasteiger partial charge in [0, 0.05) is 22.2 Å². The molecule has 0 unspecified atom stereocenters. The predicted molar refractivity (Wildman–Crippen MR) is 127 cm³/mol. The van der Waals surface area contributed by atoms with Crippen molar-refractivity contribution in [3.8, 4) is 11.3 Å². The number of nitrogens with one attached hydrogen (secondary N) is 1. The number of rotatable bonds is 6. The number of carbonyl (C=O) groups excluding carboxylic acids is 1. The summed E-state index contributed by atoms with van der Waals surface area (Å²) in [5.74, 6) is 0.557. The van der Waals surface area contributed by atoms with Crippen molar-refractivity contribution in [2.75, 3.05) is 0 Å². The van der Waals surface area contributed by atoms with E-state index in [4.69, 9.17) is 16.0 Å². The van der Waals surface area contributed by atoms with E-state index >= 15 is 0 Å². The number of fused-ring (bicyclic) bond motifs is 1. The molecule has 1 heterocycles. The molecule has 0 spiro atoms. The van der Waals surface area contributed by atoms with E-state index in [-0.39, 0.29) is 23.0 Å². The third-order valence-electron chi connectivity index (χ3n) is 4.75. The van der Waals surface area contributed by atoms with Crippen LogP contribution in [0.2, 0.25) is 5.02 Å². The number of hydrogen-bond acceptors (Lipinski definition) is 5. The molecule has 0 fully saturated rings. The number of carbonyl (C=O) groups is 1. The quantitative estimate of drug-likeness (QED) is 0.191. The predicted octanol–water partition coefficient (Wildman–Crippen LogP) is 6.12. The molecule has 7 nitrogen and oxygen atoms in total. The molecular formula is C23H15BrClN3O4. The minimum Gasteiger partial charge on any atom is -0.455 e. The first-order valence-electron chi connectivity index (χ1n) is 9.44. The molecule has 0 aliphatic rings. The van der Waals surface area contributed by atoms with Crippen LogP contribution in [0.4, 0.5) is 5.69 Å². The lowest BCUT2D eigenvalue weighted by molar-refractivity contribution is -0.384. The summed E-state index contributed by atoms with van der Waals surface area (Å²) in [5.41, 5.74) is 3.80. The van der Waals surface area contributed by atoms with Gasteiger partial charge in [-0.15, -0.1) is 0 Å². The van der Waals surface area contributed by atoms with Crippen LogP contribution in [0, 0.1) is 10.1 Å². The maximum Gasteiger partial charge on any atom is 0.270 e. The van der Waals surface area contributed by atoms with Crippen molar-refractivity contribution >= 4 is 56.1 Å². The Morgan fingerprint density at radius 3 is 2.66 bits per heavy atom. The van der Waals surface area contributed by atoms with Gasteiger partial charge in [0.25, 0.3) is 5.69 Å². The van der Waals surface area contributed by atoms with Gasteiger partial charge < -0.3 is 4.42 Å². The number of hydrazone groups is 1. The van der Waals surface area contributed by atoms with Crippen molar-refractivity contribution in [2.24, 2.45) is 5.10 Å². The lowest BCUT2D eigenvalue weighted by atomic mass is 10.0. The van der Waals surface area contributed by atoms with E-state index in [1.165, 1.54) is 24.4 Å². The summed E-state index contributed by atoms with van der Waals surface area (Å²) in [4.78, 5) is 22.7. The zero-order valence-electron chi connectivity index (χ0n) is 16.4. The first-order valence-corrected chi connectivity index (χ1v) is 10.6. The van der Waals surface area contributed by atoms with Gasteiger partial charge in [-0.2, -0.15) is 5.10 Å². The number of nitro benzene ring substituents is 1. The molecule has 0 bridgehead atoms. The summed E-state index contributed by atoms with van der Waals surface area (Å²) in [6, 6.07) is 19.1. The molecule has 32 heavy (non-hydrogen) atoms. The minimum absolute atomic E-state index is 0.103. The molecule has 1 aromatic heterocycles. The molecule has 0 saturated heterocycles. The lowest BCUT2D eigenvalue weighted by Gasteiger charge is -2.07. The van der Waals surface area contributed by atoms with Crippen LogP contribution in [0.15, 0.2) is 80.7 Å². The number of benzene rings is 3. The van der Waals surface area contributed by atoms with Gasteiger partial charge in [-0.3, -0.25) is 14.9 Å². The highest BCUT2D eigenvalue weighted by Gasteiger charge is 2.13. The van der Waals surface area contributed by atoms with Crippen LogP contribution in [0.1, 0.15) is 11.3 Å². The molecule has 160 valence electrons. The lowest BCUT2D eigenvalue weighted by Crippen LogP contribution is -2.19. The standard InChI is InChI=1S/C23H15BrClN3O4/c24-20-9-5-14(17-3-1-2-4-18(17)20)11-23(29)27-26-13-16-7-10-22(32-16)19-8-6-15(28(30)31)12-21(19)25/h1-10,12-13H,11H2,(H,27,29). The number of nitro groups is 1. The van der Waals surface area contributed by atoms with Crippen molar-refractivity contribution in [3.63, 3.8) is 0 Å². The van der Waals surface area contributed by atoms with E-state index in [9.17, 15) is 14.9 Å². The van der Waals surface area contributed by atoms with Gasteiger partial charge in [0.05, 0.1) is 22.6 Å². The van der Waals surface area contributed by atoms with Crippen LogP contribution in [-0.2, 0) is 11.2 Å². The second-order valence-electron chi connectivity index (χ2n) is 6.85. The Morgan fingerprint density at radius 1 is 1.12 bits per heavy atom. The molecule has 0 aliphatic heterocycles. The van der Waals surface area contributed by atoms with E-state index in [1.54, 1.807) is 12.1 Å². The van der Waals surface area contributed by atoms with Crippen molar-refractivity contribution in [1.82, 2.24) is 5.43 Å². The number of halogens is 2. The largest absolute Gasteiger partial charge is 0.455 e. The molecule has 4 aromatic rings. The average Bonchev–Trinajstić information content (AvgIpc) is 3.24. The molecule has 0 radical (unpaired) electrons. The summed E-state index contributed by atoms with van der Waals surface area (Å²) < 4.78 is 6.63. The van der Waals surface area contributed by atoms with Gasteiger partial charge in [-0.25, -0.2) is 5.43 Å². The zero-order valence-corrected chi connectivity index (χ0v) is 18.8. The summed E-state index contributed by atoms with van der Waals surface area (Å²) in [6.07, 6.45) is 1.55. The zero-order chi connectivity index (χ0) is 22.7. The van der Waals surface area contributed by atoms with Crippen molar-refractivity contribution < 1.29 is 14.1 Å². The highest BCUT2D eigenvalue weighted by molar-refractivity contribution is 9.10. The van der Waals surface area contributed by atoms with Gasteiger partial charge in [0.2, 0.25) is 5.91 Å². The Hall–Kier alpha value is -3.49. The number of amides is 1. The van der Waals surface area contributed by atoms with Gasteiger partial charge in [-0.05, 0) is 40.6 Å². The van der Waals surface area contributed by atoms with Crippen LogP contribution in [0.25, 0.3) is 22.1 Å². The van der Waals surface area contributed by atoms with Crippen LogP contribution < -0.4 is 5.43 Å². The summed E-state index contributed by atoms with van der Waals surface area (Å²) in [5, 5.41) is 17.0. The number of non-ortho nitro benzene ring substituents is 1. The van der Waals surface area contributed by atoms with Gasteiger partial charge >= 0.3 is 0 Å². The van der Waals surface area contributed by atoms with Crippen LogP contribution in [-0.4, -0.2) is 17.0 Å². The topological polar surface area (TPSA) is 97.7 Å². The molecular weight excluding hydrogens is 498 g/mol. The Labute approximate surface area is 196 Å². The molecule has 9 heteroatoms. The fourth-order valence-electron chi connectivity index (χ4n) is 3.24. The summed E-state index contributed by atoms with van der Waals surface area (Å²) in [7, 11) is 0. The molecule has 0 saturated carbocycles. The number of furan rings is 1. The van der Waals surface area contributed by atoms with Crippen LogP contribution >= 0.6 is 27.5 Å². The van der Waals surface area contributed by atoms with E-state index in [1.807, 2.05) is 36.4 Å². The fourth-order valence-corrected chi connectivity index (χ4v) is 3.99. The Bertz CT molecular complexity index is 1370. The maximum atomic E-state index is 12.3. The highest BCUT2D eigenvalue weighted by Crippen LogP contribution is 2.32. The Morgan fingerprint density at radius 2 is 1.91 bits per heavy atom. The van der Waals surface area contributed by atoms with Crippen LogP contribution in [0.5, 0.6) is 0 Å². The van der Waals surface area contributed by atoms with E-state index < -0.39 is 4.92 Å². The molecule has 1 amide bonds. The van der Waals surface area contributed by atoms with E-state index in [2.05, 4.69) is 26.5 Å². The smallest absolute Gasteiger partial charge is 0.270 e. The monoisotopic (exact) mass is 511 g/mol. The first-order chi connectivity index (χ1) is 15.4. The number of nitrogens with zero attached hydrogens (tertiary/aromatic N) is 2. The Balaban J connectivity index is 1.42. The average molecular weight is 513 g/mol. The van der Waals surface area contributed by atoms with E-state index in [0.717, 1.165) is 20.8 Å². The van der Waals surface area contributed by atoms with Crippen molar-refractivity contribution in [3.05, 3.63) is 97.7 Å². The first kappa shape index (κ1) is 21.7. The molecule has 0 aliphatic carbocycles. The van der Waals surface area contributed by atoms with Crippen molar-refractivity contribution in [1.29, 1.82) is 0 Å². The SMILES string of the molecule is O=C(Cc1ccc(Br)c2ccccc12)NN=Cc1ccc(-c2ccc([N+](=O)[O-])cc2Cl)o1. The molecule has 3 aromatic carbocycles. The maximum absolute atomic E-state index is 12.3. The summed E-state index contributed by atoms with van der Waals surface area (Å²) in [6.45, 7) is 0. The third-order valence-corrected chi connectivity index (χ3v) is 5.75. The van der Waals surface area contributed by atoms with Gasteiger partial charge in [-0.1, -0.05) is 57.9 Å². The molecule has 1 N–H and O–H groups in total. The minimum atomic E-state index is -0.518. The summed E-state index contributed by atoms with van der Waals surface area (Å²) >= 11 is 9.66. The van der Waals surface area contributed by atoms with Gasteiger partial charge in [0.1, 0.15) is 11.5 Å². The van der Waals surface area contributed by atoms with Crippen LogP contribution in [0.3, 0.4) is 0 Å². The van der Waals surface area contributed by atoms with Gasteiger partial charge in [0.15, 0.2) is 0 Å². The second kappa shape index (κ2) is 9.33. The fraction of sp³-hybridized carbons (Fsp3) is 0.0435. The normalized spacial score (nSPS) is 11.2. The van der Waals surface area contributed by atoms with Crippen molar-refractivity contribution in [2.45, 2.75) is 6.42 Å². The molecule has 4 rings (SSSR count). The third kappa shape index (κ3) is 4.71.